The van der Waals surface area contributed by atoms with Gasteiger partial charge in [0.2, 0.25) is 0 Å². The van der Waals surface area contributed by atoms with E-state index >= 15 is 0 Å². The van der Waals surface area contributed by atoms with Gasteiger partial charge >= 0.3 is 5.63 Å². The lowest BCUT2D eigenvalue weighted by Crippen LogP contribution is -2.26. The number of carbonyl (C=O) groups is 1. The fraction of sp³-hybridized carbons (Fsp3) is 0.474. The minimum absolute atomic E-state index is 0.269. The van der Waals surface area contributed by atoms with E-state index < -0.39 is 11.4 Å². The van der Waals surface area contributed by atoms with Crippen LogP contribution in [0, 0.1) is 0 Å². The van der Waals surface area contributed by atoms with Gasteiger partial charge in [0.15, 0.2) is 5.78 Å². The van der Waals surface area contributed by atoms with Gasteiger partial charge in [0.1, 0.15) is 16.9 Å². The molecule has 1 fully saturated rings. The zero-order valence-corrected chi connectivity index (χ0v) is 14.2. The van der Waals surface area contributed by atoms with Crippen LogP contribution in [0.15, 0.2) is 33.5 Å². The lowest BCUT2D eigenvalue weighted by atomic mass is 10.1. The molecular formula is C19H24O5. The van der Waals surface area contributed by atoms with Crippen molar-refractivity contribution in [3.05, 3.63) is 40.2 Å². The molecule has 1 aliphatic rings. The molecule has 0 amide bonds. The van der Waals surface area contributed by atoms with E-state index in [4.69, 9.17) is 9.15 Å². The highest BCUT2D eigenvalue weighted by atomic mass is 16.5. The molecule has 5 heteroatoms. The summed E-state index contributed by atoms with van der Waals surface area (Å²) in [5, 5.41) is 10.1. The number of fused-ring (bicyclic) bond motifs is 1. The van der Waals surface area contributed by atoms with Gasteiger partial charge in [-0.3, -0.25) is 4.79 Å². The molecule has 0 spiro atoms. The van der Waals surface area contributed by atoms with E-state index in [1.807, 2.05) is 0 Å². The molecule has 0 bridgehead atoms. The maximum atomic E-state index is 11.3. The Morgan fingerprint density at radius 3 is 2.58 bits per heavy atom. The SMILES string of the molecule is CC(=O)c1c(O)c2ccccc2oc1=O.CCCCCC1CCO1. The van der Waals surface area contributed by atoms with Gasteiger partial charge in [0.25, 0.3) is 0 Å². The molecule has 1 unspecified atom stereocenters. The summed E-state index contributed by atoms with van der Waals surface area (Å²) in [4.78, 5) is 22.5. The van der Waals surface area contributed by atoms with Crippen molar-refractivity contribution < 1.29 is 19.1 Å². The van der Waals surface area contributed by atoms with Crippen molar-refractivity contribution in [3.63, 3.8) is 0 Å². The third-order valence-electron chi connectivity index (χ3n) is 4.06. The Morgan fingerprint density at radius 1 is 1.29 bits per heavy atom. The van der Waals surface area contributed by atoms with Crippen molar-refractivity contribution in [2.24, 2.45) is 0 Å². The molecule has 1 aromatic carbocycles. The fourth-order valence-electron chi connectivity index (χ4n) is 2.58. The number of hydrogen-bond acceptors (Lipinski definition) is 5. The Balaban J connectivity index is 0.000000198. The standard InChI is InChI=1S/C11H8O4.C8H16O/c1-6(12)9-10(13)7-4-2-3-5-8(7)15-11(9)14;1-2-3-4-5-8-6-7-9-8/h2-5,13H,1H3;8H,2-7H2,1H3. The van der Waals surface area contributed by atoms with Gasteiger partial charge < -0.3 is 14.3 Å². The monoisotopic (exact) mass is 332 g/mol. The van der Waals surface area contributed by atoms with Gasteiger partial charge in [-0.05, 0) is 31.9 Å². The van der Waals surface area contributed by atoms with Gasteiger partial charge in [0, 0.05) is 6.61 Å². The first-order chi connectivity index (χ1) is 11.5. The van der Waals surface area contributed by atoms with Crippen LogP contribution in [-0.4, -0.2) is 23.6 Å². The van der Waals surface area contributed by atoms with Crippen LogP contribution in [-0.2, 0) is 4.74 Å². The highest BCUT2D eigenvalue weighted by Gasteiger charge is 2.17. The number of Topliss-reactive ketones (excluding diaryl/α,β-unsaturated/α-hetero) is 1. The second kappa shape index (κ2) is 8.64. The molecule has 0 radical (unpaired) electrons. The van der Waals surface area contributed by atoms with E-state index in [0.29, 0.717) is 11.5 Å². The lowest BCUT2D eigenvalue weighted by Gasteiger charge is -2.26. The largest absolute Gasteiger partial charge is 0.506 e. The van der Waals surface area contributed by atoms with Crippen LogP contribution in [0.1, 0.15) is 56.3 Å². The summed E-state index contributed by atoms with van der Waals surface area (Å²) in [5.74, 6) is -0.818. The predicted octanol–water partition coefficient (Wildman–Crippen LogP) is 4.06. The number of ketones is 1. The average Bonchev–Trinajstić information content (AvgIpc) is 2.50. The van der Waals surface area contributed by atoms with Crippen molar-refractivity contribution in [1.29, 1.82) is 0 Å². The summed E-state index contributed by atoms with van der Waals surface area (Å²) in [6.45, 7) is 4.46. The number of hydrogen-bond donors (Lipinski definition) is 1. The van der Waals surface area contributed by atoms with Crippen molar-refractivity contribution in [2.45, 2.75) is 52.1 Å². The molecule has 24 heavy (non-hydrogen) atoms. The molecule has 0 saturated carbocycles. The van der Waals surface area contributed by atoms with Crippen LogP contribution in [0.3, 0.4) is 0 Å². The van der Waals surface area contributed by atoms with E-state index in [9.17, 15) is 14.7 Å². The molecule has 1 saturated heterocycles. The highest BCUT2D eigenvalue weighted by Crippen LogP contribution is 2.25. The third-order valence-corrected chi connectivity index (χ3v) is 4.06. The van der Waals surface area contributed by atoms with Gasteiger partial charge in [0.05, 0.1) is 11.5 Å². The van der Waals surface area contributed by atoms with Crippen molar-refractivity contribution in [3.8, 4) is 5.75 Å². The van der Waals surface area contributed by atoms with Crippen LogP contribution >= 0.6 is 0 Å². The van der Waals surface area contributed by atoms with Crippen LogP contribution in [0.2, 0.25) is 0 Å². The summed E-state index contributed by atoms with van der Waals surface area (Å²) >= 11 is 0. The Hall–Kier alpha value is -2.14. The molecule has 1 aromatic heterocycles. The van der Waals surface area contributed by atoms with E-state index in [1.165, 1.54) is 39.0 Å². The summed E-state index contributed by atoms with van der Waals surface area (Å²) < 4.78 is 10.2. The number of unbranched alkanes of at least 4 members (excludes halogenated alkanes) is 2. The summed E-state index contributed by atoms with van der Waals surface area (Å²) in [6, 6.07) is 6.50. The second-order valence-corrected chi connectivity index (χ2v) is 5.94. The van der Waals surface area contributed by atoms with Crippen LogP contribution in [0.5, 0.6) is 5.75 Å². The Morgan fingerprint density at radius 2 is 2.00 bits per heavy atom. The molecule has 3 rings (SSSR count). The van der Waals surface area contributed by atoms with Gasteiger partial charge in [-0.2, -0.15) is 0 Å². The van der Waals surface area contributed by atoms with Gasteiger partial charge in [-0.15, -0.1) is 0 Å². The molecule has 2 heterocycles. The summed E-state index contributed by atoms with van der Waals surface area (Å²) in [5.41, 5.74) is -0.836. The summed E-state index contributed by atoms with van der Waals surface area (Å²) in [6.07, 6.45) is 7.31. The zero-order valence-electron chi connectivity index (χ0n) is 14.2. The second-order valence-electron chi connectivity index (χ2n) is 5.94. The highest BCUT2D eigenvalue weighted by molar-refractivity contribution is 6.01. The number of ether oxygens (including phenoxy) is 1. The molecule has 1 N–H and O–H groups in total. The Kier molecular flexibility index (Phi) is 6.55. The van der Waals surface area contributed by atoms with E-state index in [1.54, 1.807) is 24.3 Å². The average molecular weight is 332 g/mol. The van der Waals surface area contributed by atoms with Gasteiger partial charge in [-0.1, -0.05) is 38.3 Å². The van der Waals surface area contributed by atoms with E-state index in [-0.39, 0.29) is 16.9 Å². The summed E-state index contributed by atoms with van der Waals surface area (Å²) in [7, 11) is 0. The van der Waals surface area contributed by atoms with Crippen LogP contribution < -0.4 is 5.63 Å². The Labute approximate surface area is 141 Å². The fourth-order valence-corrected chi connectivity index (χ4v) is 2.58. The smallest absolute Gasteiger partial charge is 0.351 e. The van der Waals surface area contributed by atoms with Crippen LogP contribution in [0.25, 0.3) is 11.0 Å². The molecule has 130 valence electrons. The van der Waals surface area contributed by atoms with Crippen molar-refractivity contribution >= 4 is 16.8 Å². The minimum atomic E-state index is -0.807. The number of para-hydroxylation sites is 1. The maximum Gasteiger partial charge on any atom is 0.351 e. The van der Waals surface area contributed by atoms with E-state index in [2.05, 4.69) is 6.92 Å². The number of rotatable bonds is 5. The first-order valence-corrected chi connectivity index (χ1v) is 8.42. The molecule has 0 aliphatic carbocycles. The molecule has 2 aromatic rings. The first kappa shape index (κ1) is 18.2. The minimum Gasteiger partial charge on any atom is -0.506 e. The number of benzene rings is 1. The van der Waals surface area contributed by atoms with Crippen LogP contribution in [0.4, 0.5) is 0 Å². The van der Waals surface area contributed by atoms with E-state index in [0.717, 1.165) is 6.61 Å². The first-order valence-electron chi connectivity index (χ1n) is 8.42. The normalized spacial score (nSPS) is 16.2. The lowest BCUT2D eigenvalue weighted by molar-refractivity contribution is -0.0555. The third kappa shape index (κ3) is 4.45. The molecule has 1 aliphatic heterocycles. The number of aromatic hydroxyl groups is 1. The maximum absolute atomic E-state index is 11.3. The topological polar surface area (TPSA) is 76.7 Å². The van der Waals surface area contributed by atoms with Crippen molar-refractivity contribution in [2.75, 3.05) is 6.61 Å². The molecule has 1 atom stereocenters. The van der Waals surface area contributed by atoms with Gasteiger partial charge in [-0.25, -0.2) is 4.79 Å². The number of carbonyl (C=O) groups excluding carboxylic acids is 1. The predicted molar refractivity (Wildman–Crippen MR) is 92.7 cm³/mol. The van der Waals surface area contributed by atoms with Crippen molar-refractivity contribution in [1.82, 2.24) is 0 Å². The Bertz CT molecular complexity index is 743. The molecule has 5 nitrogen and oxygen atoms in total. The zero-order chi connectivity index (χ0) is 17.5. The quantitative estimate of drug-likeness (QED) is 0.507. The molecular weight excluding hydrogens is 308 g/mol.